The van der Waals surface area contributed by atoms with E-state index in [9.17, 15) is 0 Å². The van der Waals surface area contributed by atoms with E-state index in [4.69, 9.17) is 10.2 Å². The van der Waals surface area contributed by atoms with Crippen LogP contribution in [0.5, 0.6) is 0 Å². The summed E-state index contributed by atoms with van der Waals surface area (Å²) in [6.07, 6.45) is 3.31. The van der Waals surface area contributed by atoms with Gasteiger partial charge in [0.1, 0.15) is 0 Å². The fourth-order valence-corrected chi connectivity index (χ4v) is 1.69. The first-order valence-electron chi connectivity index (χ1n) is 5.04. The molecule has 2 rings (SSSR count). The largest absolute Gasteiger partial charge is 0.472 e. The highest BCUT2D eigenvalue weighted by Crippen LogP contribution is 2.20. The Morgan fingerprint density at radius 2 is 2.40 bits per heavy atom. The third-order valence-electron chi connectivity index (χ3n) is 2.45. The molecule has 0 saturated heterocycles. The van der Waals surface area contributed by atoms with Crippen LogP contribution in [0.25, 0.3) is 0 Å². The highest BCUT2D eigenvalue weighted by molar-refractivity contribution is 5.25. The standard InChI is InChI=1S/C11H15N3O/c1-3-14-10(6-8(2)13-14)11(12)9-4-5-15-7-9/h4-7,11H,3,12H2,1-2H3. The second-order valence-corrected chi connectivity index (χ2v) is 3.56. The average Bonchev–Trinajstić information content (AvgIpc) is 2.84. The number of furan rings is 1. The van der Waals surface area contributed by atoms with Crippen LogP contribution in [0.2, 0.25) is 0 Å². The van der Waals surface area contributed by atoms with Crippen molar-refractivity contribution in [3.8, 4) is 0 Å². The summed E-state index contributed by atoms with van der Waals surface area (Å²) in [6.45, 7) is 4.85. The molecular formula is C11H15N3O. The Balaban J connectivity index is 2.36. The number of aromatic nitrogens is 2. The monoisotopic (exact) mass is 205 g/mol. The number of nitrogens with zero attached hydrogens (tertiary/aromatic N) is 2. The third kappa shape index (κ3) is 1.80. The van der Waals surface area contributed by atoms with Gasteiger partial charge in [-0.3, -0.25) is 4.68 Å². The van der Waals surface area contributed by atoms with Crippen molar-refractivity contribution in [2.24, 2.45) is 5.73 Å². The van der Waals surface area contributed by atoms with Crippen LogP contribution in [0.15, 0.2) is 29.1 Å². The maximum absolute atomic E-state index is 6.13. The van der Waals surface area contributed by atoms with E-state index < -0.39 is 0 Å². The van der Waals surface area contributed by atoms with Crippen molar-refractivity contribution in [1.82, 2.24) is 9.78 Å². The predicted octanol–water partition coefficient (Wildman–Crippen LogP) is 1.85. The first-order chi connectivity index (χ1) is 7.22. The van der Waals surface area contributed by atoms with Crippen molar-refractivity contribution in [2.75, 3.05) is 0 Å². The Morgan fingerprint density at radius 1 is 1.60 bits per heavy atom. The molecule has 0 aliphatic rings. The van der Waals surface area contributed by atoms with Gasteiger partial charge in [-0.25, -0.2) is 0 Å². The van der Waals surface area contributed by atoms with Crippen LogP contribution in [-0.4, -0.2) is 9.78 Å². The van der Waals surface area contributed by atoms with Gasteiger partial charge in [0.05, 0.1) is 30.0 Å². The Bertz CT molecular complexity index is 431. The van der Waals surface area contributed by atoms with Crippen molar-refractivity contribution in [3.05, 3.63) is 41.6 Å². The molecule has 4 heteroatoms. The van der Waals surface area contributed by atoms with Crippen molar-refractivity contribution >= 4 is 0 Å². The zero-order chi connectivity index (χ0) is 10.8. The number of nitrogens with two attached hydrogens (primary N) is 1. The topological polar surface area (TPSA) is 57.0 Å². The molecule has 0 aromatic carbocycles. The van der Waals surface area contributed by atoms with Gasteiger partial charge in [-0.05, 0) is 26.0 Å². The van der Waals surface area contributed by atoms with Crippen LogP contribution >= 0.6 is 0 Å². The summed E-state index contributed by atoms with van der Waals surface area (Å²) >= 11 is 0. The third-order valence-corrected chi connectivity index (χ3v) is 2.45. The minimum Gasteiger partial charge on any atom is -0.472 e. The molecule has 0 aliphatic carbocycles. The minimum absolute atomic E-state index is 0.162. The first kappa shape index (κ1) is 9.98. The zero-order valence-electron chi connectivity index (χ0n) is 8.97. The number of rotatable bonds is 3. The average molecular weight is 205 g/mol. The second-order valence-electron chi connectivity index (χ2n) is 3.56. The lowest BCUT2D eigenvalue weighted by Crippen LogP contribution is -2.16. The molecule has 4 nitrogen and oxygen atoms in total. The maximum atomic E-state index is 6.13. The molecule has 0 bridgehead atoms. The second kappa shape index (κ2) is 3.90. The molecular weight excluding hydrogens is 190 g/mol. The smallest absolute Gasteiger partial charge is 0.0954 e. The molecule has 1 unspecified atom stereocenters. The maximum Gasteiger partial charge on any atom is 0.0954 e. The highest BCUT2D eigenvalue weighted by atomic mass is 16.3. The SMILES string of the molecule is CCn1nc(C)cc1C(N)c1ccoc1. The van der Waals surface area contributed by atoms with Gasteiger partial charge < -0.3 is 10.2 Å². The molecule has 0 spiro atoms. The number of aryl methyl sites for hydroxylation is 2. The van der Waals surface area contributed by atoms with E-state index in [1.807, 2.05) is 23.7 Å². The Hall–Kier alpha value is -1.55. The van der Waals surface area contributed by atoms with Gasteiger partial charge in [-0.1, -0.05) is 0 Å². The van der Waals surface area contributed by atoms with E-state index in [1.165, 1.54) is 0 Å². The molecule has 15 heavy (non-hydrogen) atoms. The quantitative estimate of drug-likeness (QED) is 0.832. The lowest BCUT2D eigenvalue weighted by atomic mass is 10.1. The Labute approximate surface area is 88.7 Å². The fraction of sp³-hybridized carbons (Fsp3) is 0.364. The van der Waals surface area contributed by atoms with E-state index in [-0.39, 0.29) is 6.04 Å². The molecule has 0 radical (unpaired) electrons. The van der Waals surface area contributed by atoms with Gasteiger partial charge in [0.2, 0.25) is 0 Å². The van der Waals surface area contributed by atoms with Gasteiger partial charge in [0, 0.05) is 12.1 Å². The lowest BCUT2D eigenvalue weighted by molar-refractivity contribution is 0.556. The summed E-state index contributed by atoms with van der Waals surface area (Å²) < 4.78 is 6.95. The molecule has 2 aromatic rings. The summed E-state index contributed by atoms with van der Waals surface area (Å²) in [5.41, 5.74) is 9.12. The summed E-state index contributed by atoms with van der Waals surface area (Å²) in [5.74, 6) is 0. The minimum atomic E-state index is -0.162. The van der Waals surface area contributed by atoms with Crippen molar-refractivity contribution in [2.45, 2.75) is 26.4 Å². The number of hydrogen-bond acceptors (Lipinski definition) is 3. The summed E-state index contributed by atoms with van der Waals surface area (Å²) in [7, 11) is 0. The van der Waals surface area contributed by atoms with E-state index in [1.54, 1.807) is 12.5 Å². The van der Waals surface area contributed by atoms with Gasteiger partial charge in [0.25, 0.3) is 0 Å². The molecule has 2 aromatic heterocycles. The Morgan fingerprint density at radius 3 is 3.00 bits per heavy atom. The van der Waals surface area contributed by atoms with E-state index in [2.05, 4.69) is 12.0 Å². The molecule has 2 N–H and O–H groups in total. The van der Waals surface area contributed by atoms with E-state index in [0.29, 0.717) is 0 Å². The lowest BCUT2D eigenvalue weighted by Gasteiger charge is -2.10. The molecule has 0 saturated carbocycles. The summed E-state index contributed by atoms with van der Waals surface area (Å²) in [4.78, 5) is 0. The van der Waals surface area contributed by atoms with Crippen molar-refractivity contribution < 1.29 is 4.42 Å². The van der Waals surface area contributed by atoms with E-state index >= 15 is 0 Å². The predicted molar refractivity (Wildman–Crippen MR) is 57.4 cm³/mol. The van der Waals surface area contributed by atoms with Crippen LogP contribution in [-0.2, 0) is 6.54 Å². The van der Waals surface area contributed by atoms with Gasteiger partial charge in [-0.2, -0.15) is 5.10 Å². The van der Waals surface area contributed by atoms with Gasteiger partial charge >= 0.3 is 0 Å². The molecule has 0 amide bonds. The molecule has 2 heterocycles. The van der Waals surface area contributed by atoms with Crippen molar-refractivity contribution in [1.29, 1.82) is 0 Å². The van der Waals surface area contributed by atoms with Crippen LogP contribution < -0.4 is 5.73 Å². The molecule has 80 valence electrons. The molecule has 0 aliphatic heterocycles. The number of hydrogen-bond donors (Lipinski definition) is 1. The molecule has 0 fully saturated rings. The van der Waals surface area contributed by atoms with E-state index in [0.717, 1.165) is 23.5 Å². The van der Waals surface area contributed by atoms with Gasteiger partial charge in [0.15, 0.2) is 0 Å². The first-order valence-corrected chi connectivity index (χ1v) is 5.04. The van der Waals surface area contributed by atoms with Crippen LogP contribution in [0.1, 0.15) is 29.9 Å². The summed E-state index contributed by atoms with van der Waals surface area (Å²) in [6, 6.07) is 3.73. The van der Waals surface area contributed by atoms with Crippen molar-refractivity contribution in [3.63, 3.8) is 0 Å². The zero-order valence-corrected chi connectivity index (χ0v) is 8.97. The van der Waals surface area contributed by atoms with Crippen LogP contribution in [0, 0.1) is 6.92 Å². The van der Waals surface area contributed by atoms with Crippen LogP contribution in [0.3, 0.4) is 0 Å². The fourth-order valence-electron chi connectivity index (χ4n) is 1.69. The normalized spacial score (nSPS) is 13.0. The Kier molecular flexibility index (Phi) is 2.60. The summed E-state index contributed by atoms with van der Waals surface area (Å²) in [5, 5.41) is 4.37. The molecule has 1 atom stereocenters. The highest BCUT2D eigenvalue weighted by Gasteiger charge is 2.15. The van der Waals surface area contributed by atoms with Gasteiger partial charge in [-0.15, -0.1) is 0 Å². The van der Waals surface area contributed by atoms with Crippen LogP contribution in [0.4, 0.5) is 0 Å².